The van der Waals surface area contributed by atoms with Crippen LogP contribution >= 0.6 is 0 Å². The highest BCUT2D eigenvalue weighted by atomic mass is 16.5. The molecule has 0 aliphatic rings. The maximum atomic E-state index is 11.9. The van der Waals surface area contributed by atoms with E-state index in [0.717, 1.165) is 11.3 Å². The Morgan fingerprint density at radius 1 is 1.32 bits per heavy atom. The third kappa shape index (κ3) is 3.89. The molecule has 1 N–H and O–H groups in total. The van der Waals surface area contributed by atoms with Crippen LogP contribution < -0.4 is 10.1 Å². The van der Waals surface area contributed by atoms with Gasteiger partial charge in [0.25, 0.3) is 0 Å². The molecule has 114 valence electrons. The molecule has 0 saturated heterocycles. The van der Waals surface area contributed by atoms with E-state index in [2.05, 4.69) is 5.32 Å². The van der Waals surface area contributed by atoms with Crippen molar-refractivity contribution in [3.63, 3.8) is 0 Å². The number of nitrogens with zero attached hydrogens (tertiary/aromatic N) is 1. The van der Waals surface area contributed by atoms with Crippen molar-refractivity contribution >= 4 is 11.8 Å². The number of rotatable bonds is 6. The van der Waals surface area contributed by atoms with Gasteiger partial charge in [-0.2, -0.15) is 5.26 Å². The number of aryl methyl sites for hydroxylation is 1. The maximum Gasteiger partial charge on any atom is 0.226 e. The summed E-state index contributed by atoms with van der Waals surface area (Å²) in [5.74, 6) is 1.46. The van der Waals surface area contributed by atoms with E-state index in [4.69, 9.17) is 14.4 Å². The van der Waals surface area contributed by atoms with Crippen LogP contribution in [-0.4, -0.2) is 12.5 Å². The lowest BCUT2D eigenvalue weighted by molar-refractivity contribution is -0.116. The zero-order valence-corrected chi connectivity index (χ0v) is 12.7. The smallest absolute Gasteiger partial charge is 0.226 e. The predicted molar refractivity (Wildman–Crippen MR) is 82.7 cm³/mol. The first kappa shape index (κ1) is 15.6. The van der Waals surface area contributed by atoms with E-state index in [0.29, 0.717) is 30.8 Å². The van der Waals surface area contributed by atoms with E-state index in [1.54, 1.807) is 13.8 Å². The SMILES string of the molecule is Cc1oc(NC(=O)CCCOc2ccccc2)c(C#N)c1C. The number of carbonyl (C=O) groups is 1. The van der Waals surface area contributed by atoms with Gasteiger partial charge in [-0.15, -0.1) is 0 Å². The maximum absolute atomic E-state index is 11.9. The van der Waals surface area contributed by atoms with Gasteiger partial charge < -0.3 is 9.15 Å². The highest BCUT2D eigenvalue weighted by Gasteiger charge is 2.16. The average Bonchev–Trinajstić information content (AvgIpc) is 2.78. The molecule has 0 aliphatic heterocycles. The molecule has 0 fully saturated rings. The summed E-state index contributed by atoms with van der Waals surface area (Å²) < 4.78 is 10.9. The van der Waals surface area contributed by atoms with Crippen LogP contribution in [-0.2, 0) is 4.79 Å². The summed E-state index contributed by atoms with van der Waals surface area (Å²) in [6, 6.07) is 11.5. The molecule has 0 atom stereocenters. The van der Waals surface area contributed by atoms with Gasteiger partial charge in [0.15, 0.2) is 0 Å². The molecule has 1 aromatic carbocycles. The monoisotopic (exact) mass is 298 g/mol. The summed E-state index contributed by atoms with van der Waals surface area (Å²) in [5.41, 5.74) is 1.14. The number of hydrogen-bond donors (Lipinski definition) is 1. The molecule has 1 aromatic heterocycles. The normalized spacial score (nSPS) is 10.0. The third-order valence-electron chi connectivity index (χ3n) is 3.31. The number of para-hydroxylation sites is 1. The lowest BCUT2D eigenvalue weighted by Crippen LogP contribution is -2.13. The van der Waals surface area contributed by atoms with E-state index in [-0.39, 0.29) is 11.8 Å². The van der Waals surface area contributed by atoms with Crippen LogP contribution in [0.2, 0.25) is 0 Å². The van der Waals surface area contributed by atoms with Gasteiger partial charge in [-0.05, 0) is 32.4 Å². The van der Waals surface area contributed by atoms with Crippen molar-refractivity contribution in [2.45, 2.75) is 26.7 Å². The molecule has 2 aromatic rings. The number of hydrogen-bond acceptors (Lipinski definition) is 4. The first-order valence-corrected chi connectivity index (χ1v) is 7.09. The second-order valence-electron chi connectivity index (χ2n) is 4.91. The second kappa shape index (κ2) is 7.32. The van der Waals surface area contributed by atoms with Crippen molar-refractivity contribution in [3.8, 4) is 11.8 Å². The van der Waals surface area contributed by atoms with Crippen LogP contribution in [0.4, 0.5) is 5.88 Å². The minimum Gasteiger partial charge on any atom is -0.494 e. The Kier molecular flexibility index (Phi) is 5.21. The predicted octanol–water partition coefficient (Wildman–Crippen LogP) is 3.57. The average molecular weight is 298 g/mol. The molecule has 1 heterocycles. The van der Waals surface area contributed by atoms with E-state index >= 15 is 0 Å². The molecule has 0 saturated carbocycles. The summed E-state index contributed by atoms with van der Waals surface area (Å²) >= 11 is 0. The molecule has 0 radical (unpaired) electrons. The van der Waals surface area contributed by atoms with Crippen LogP contribution in [0.3, 0.4) is 0 Å². The van der Waals surface area contributed by atoms with Crippen LogP contribution in [0, 0.1) is 25.2 Å². The second-order valence-corrected chi connectivity index (χ2v) is 4.91. The Morgan fingerprint density at radius 3 is 2.73 bits per heavy atom. The van der Waals surface area contributed by atoms with Crippen LogP contribution in [0.25, 0.3) is 0 Å². The van der Waals surface area contributed by atoms with Gasteiger partial charge in [0, 0.05) is 12.0 Å². The fourth-order valence-electron chi connectivity index (χ4n) is 1.98. The lowest BCUT2D eigenvalue weighted by Gasteiger charge is -2.06. The number of ether oxygens (including phenoxy) is 1. The summed E-state index contributed by atoms with van der Waals surface area (Å²) in [5, 5.41) is 11.7. The minimum atomic E-state index is -0.193. The highest BCUT2D eigenvalue weighted by molar-refractivity contribution is 5.90. The van der Waals surface area contributed by atoms with Gasteiger partial charge in [-0.1, -0.05) is 18.2 Å². The summed E-state index contributed by atoms with van der Waals surface area (Å²) in [6.07, 6.45) is 0.887. The molecular weight excluding hydrogens is 280 g/mol. The first-order chi connectivity index (χ1) is 10.6. The largest absolute Gasteiger partial charge is 0.494 e. The van der Waals surface area contributed by atoms with Gasteiger partial charge in [0.1, 0.15) is 23.1 Å². The Bertz CT molecular complexity index is 684. The molecule has 5 nitrogen and oxygen atoms in total. The number of amides is 1. The number of anilines is 1. The topological polar surface area (TPSA) is 75.3 Å². The van der Waals surface area contributed by atoms with Gasteiger partial charge in [-0.3, -0.25) is 10.1 Å². The summed E-state index contributed by atoms with van der Waals surface area (Å²) in [6.45, 7) is 4.01. The molecule has 0 aliphatic carbocycles. The van der Waals surface area contributed by atoms with E-state index in [9.17, 15) is 4.79 Å². The van der Waals surface area contributed by atoms with Crippen molar-refractivity contribution < 1.29 is 13.9 Å². The molecular formula is C17H18N2O3. The van der Waals surface area contributed by atoms with E-state index in [1.165, 1.54) is 0 Å². The Hall–Kier alpha value is -2.74. The minimum absolute atomic E-state index is 0.193. The van der Waals surface area contributed by atoms with Gasteiger partial charge in [-0.25, -0.2) is 0 Å². The Balaban J connectivity index is 1.79. The van der Waals surface area contributed by atoms with Crippen LogP contribution in [0.15, 0.2) is 34.7 Å². The quantitative estimate of drug-likeness (QED) is 0.827. The first-order valence-electron chi connectivity index (χ1n) is 7.09. The van der Waals surface area contributed by atoms with Crippen molar-refractivity contribution in [1.82, 2.24) is 0 Å². The molecule has 22 heavy (non-hydrogen) atoms. The molecule has 0 bridgehead atoms. The fourth-order valence-corrected chi connectivity index (χ4v) is 1.98. The standard InChI is InChI=1S/C17H18N2O3/c1-12-13(2)22-17(15(12)11-18)19-16(20)9-6-10-21-14-7-4-3-5-8-14/h3-5,7-8H,6,9-10H2,1-2H3,(H,19,20). The number of nitriles is 1. The Morgan fingerprint density at radius 2 is 2.05 bits per heavy atom. The molecule has 1 amide bonds. The fraction of sp³-hybridized carbons (Fsp3) is 0.294. The van der Waals surface area contributed by atoms with Gasteiger partial charge >= 0.3 is 0 Å². The van der Waals surface area contributed by atoms with Gasteiger partial charge in [0.2, 0.25) is 11.8 Å². The van der Waals surface area contributed by atoms with Crippen molar-refractivity contribution in [2.24, 2.45) is 0 Å². The number of nitrogens with one attached hydrogen (secondary N) is 1. The molecule has 0 unspecified atom stereocenters. The molecule has 2 rings (SSSR count). The van der Waals surface area contributed by atoms with E-state index < -0.39 is 0 Å². The lowest BCUT2D eigenvalue weighted by atomic mass is 10.2. The summed E-state index contributed by atoms with van der Waals surface area (Å²) in [7, 11) is 0. The zero-order valence-electron chi connectivity index (χ0n) is 12.7. The van der Waals surface area contributed by atoms with Crippen molar-refractivity contribution in [3.05, 3.63) is 47.2 Å². The highest BCUT2D eigenvalue weighted by Crippen LogP contribution is 2.25. The van der Waals surface area contributed by atoms with E-state index in [1.807, 2.05) is 36.4 Å². The Labute approximate surface area is 129 Å². The van der Waals surface area contributed by atoms with Crippen molar-refractivity contribution in [2.75, 3.05) is 11.9 Å². The van der Waals surface area contributed by atoms with Crippen LogP contribution in [0.1, 0.15) is 29.7 Å². The molecule has 0 spiro atoms. The number of benzene rings is 1. The van der Waals surface area contributed by atoms with Crippen LogP contribution in [0.5, 0.6) is 5.75 Å². The zero-order chi connectivity index (χ0) is 15.9. The number of furan rings is 1. The number of carbonyl (C=O) groups excluding carboxylic acids is 1. The third-order valence-corrected chi connectivity index (χ3v) is 3.31. The molecule has 5 heteroatoms. The summed E-state index contributed by atoms with van der Waals surface area (Å²) in [4.78, 5) is 11.9. The van der Waals surface area contributed by atoms with Crippen molar-refractivity contribution in [1.29, 1.82) is 5.26 Å². The van der Waals surface area contributed by atoms with Gasteiger partial charge in [0.05, 0.1) is 6.61 Å².